The van der Waals surface area contributed by atoms with Gasteiger partial charge in [-0.1, -0.05) is 29.8 Å². The largest absolute Gasteiger partial charge is 0.486 e. The van der Waals surface area contributed by atoms with E-state index in [1.165, 1.54) is 0 Å². The first kappa shape index (κ1) is 25.2. The Morgan fingerprint density at radius 3 is 2.50 bits per heavy atom. The third kappa shape index (κ3) is 5.85. The van der Waals surface area contributed by atoms with Gasteiger partial charge < -0.3 is 14.4 Å². The highest BCUT2D eigenvalue weighted by molar-refractivity contribution is 9.11. The number of imide groups is 1. The molecular formula is C23H19Br2ClN2O5S. The number of benzene rings is 2. The zero-order valence-corrected chi connectivity index (χ0v) is 22.5. The van der Waals surface area contributed by atoms with E-state index >= 15 is 0 Å². The minimum absolute atomic E-state index is 0.253. The number of carbonyl (C=O) groups excluding carboxylic acids is 3. The van der Waals surface area contributed by atoms with Gasteiger partial charge in [-0.15, -0.1) is 0 Å². The van der Waals surface area contributed by atoms with Crippen LogP contribution in [0.5, 0.6) is 5.75 Å². The van der Waals surface area contributed by atoms with Crippen molar-refractivity contribution in [1.82, 2.24) is 9.80 Å². The van der Waals surface area contributed by atoms with Crippen LogP contribution in [0.4, 0.5) is 4.79 Å². The fourth-order valence-corrected chi connectivity index (χ4v) is 5.88. The number of halogens is 3. The molecule has 2 fully saturated rings. The lowest BCUT2D eigenvalue weighted by Gasteiger charge is -2.28. The van der Waals surface area contributed by atoms with Gasteiger partial charge >= 0.3 is 0 Å². The van der Waals surface area contributed by atoms with Crippen molar-refractivity contribution < 1.29 is 23.9 Å². The van der Waals surface area contributed by atoms with Gasteiger partial charge in [0.15, 0.2) is 0 Å². The third-order valence-electron chi connectivity index (χ3n) is 5.18. The Morgan fingerprint density at radius 1 is 1.15 bits per heavy atom. The van der Waals surface area contributed by atoms with Crippen LogP contribution in [0, 0.1) is 0 Å². The van der Waals surface area contributed by atoms with Gasteiger partial charge in [-0.3, -0.25) is 19.3 Å². The highest BCUT2D eigenvalue weighted by atomic mass is 79.9. The van der Waals surface area contributed by atoms with Crippen molar-refractivity contribution in [1.29, 1.82) is 0 Å². The summed E-state index contributed by atoms with van der Waals surface area (Å²) >= 11 is 14.0. The number of hydrogen-bond donors (Lipinski definition) is 0. The lowest BCUT2D eigenvalue weighted by Crippen LogP contribution is -2.46. The molecule has 178 valence electrons. The Bertz CT molecular complexity index is 1150. The second kappa shape index (κ2) is 11.3. The summed E-state index contributed by atoms with van der Waals surface area (Å²) in [5, 5.41) is 0.157. The summed E-state index contributed by atoms with van der Waals surface area (Å²) in [5.41, 5.74) is 1.54. The molecule has 11 heteroatoms. The Hall–Kier alpha value is -1.85. The molecule has 0 unspecified atom stereocenters. The summed E-state index contributed by atoms with van der Waals surface area (Å²) in [6.07, 6.45) is 1.62. The fraction of sp³-hybridized carbons (Fsp3) is 0.261. The number of carbonyl (C=O) groups is 3. The average molecular weight is 631 g/mol. The molecule has 0 saturated carbocycles. The number of thioether (sulfide) groups is 1. The maximum absolute atomic E-state index is 12.8. The van der Waals surface area contributed by atoms with Crippen molar-refractivity contribution in [3.63, 3.8) is 0 Å². The first-order chi connectivity index (χ1) is 16.3. The van der Waals surface area contributed by atoms with Crippen LogP contribution in [0.15, 0.2) is 50.2 Å². The summed E-state index contributed by atoms with van der Waals surface area (Å²) in [6.45, 7) is 1.83. The number of morpholine rings is 1. The SMILES string of the molecule is O=C(CN1C(=O)S/C(=C\c2cc(Br)c(OCc3ccccc3Cl)c(Br)c2)C1=O)N1CCOCC1. The van der Waals surface area contributed by atoms with Gasteiger partial charge in [-0.25, -0.2) is 0 Å². The van der Waals surface area contributed by atoms with E-state index in [1.54, 1.807) is 29.2 Å². The molecule has 0 radical (unpaired) electrons. The molecule has 7 nitrogen and oxygen atoms in total. The molecule has 0 spiro atoms. The van der Waals surface area contributed by atoms with E-state index in [0.29, 0.717) is 51.6 Å². The molecule has 0 N–H and O–H groups in total. The molecule has 0 atom stereocenters. The predicted octanol–water partition coefficient (Wildman–Crippen LogP) is 5.34. The first-order valence-electron chi connectivity index (χ1n) is 10.3. The van der Waals surface area contributed by atoms with Crippen molar-refractivity contribution in [2.24, 2.45) is 0 Å². The summed E-state index contributed by atoms with van der Waals surface area (Å²) in [5.74, 6) is -0.165. The molecule has 3 amide bonds. The Balaban J connectivity index is 1.46. The van der Waals surface area contributed by atoms with Crippen molar-refractivity contribution >= 4 is 78.4 Å². The third-order valence-corrected chi connectivity index (χ3v) is 7.63. The van der Waals surface area contributed by atoms with Gasteiger partial charge in [0, 0.05) is 23.7 Å². The first-order valence-corrected chi connectivity index (χ1v) is 13.1. The normalized spacial score (nSPS) is 17.6. The van der Waals surface area contributed by atoms with Crippen molar-refractivity contribution in [2.45, 2.75) is 6.61 Å². The lowest BCUT2D eigenvalue weighted by molar-refractivity contribution is -0.139. The van der Waals surface area contributed by atoms with E-state index < -0.39 is 11.1 Å². The lowest BCUT2D eigenvalue weighted by atomic mass is 10.2. The smallest absolute Gasteiger partial charge is 0.294 e. The van der Waals surface area contributed by atoms with Gasteiger partial charge in [-0.05, 0) is 73.5 Å². The number of nitrogens with zero attached hydrogens (tertiary/aromatic N) is 2. The molecular weight excluding hydrogens is 612 g/mol. The maximum atomic E-state index is 12.8. The van der Waals surface area contributed by atoms with E-state index in [4.69, 9.17) is 21.1 Å². The second-order valence-corrected chi connectivity index (χ2v) is 10.6. The molecule has 2 heterocycles. The highest BCUT2D eigenvalue weighted by Crippen LogP contribution is 2.38. The summed E-state index contributed by atoms with van der Waals surface area (Å²) in [7, 11) is 0. The van der Waals surface area contributed by atoms with Crippen LogP contribution in [0.3, 0.4) is 0 Å². The van der Waals surface area contributed by atoms with E-state index in [0.717, 1.165) is 22.2 Å². The summed E-state index contributed by atoms with van der Waals surface area (Å²) in [6, 6.07) is 11.0. The standard InChI is InChI=1S/C23H19Br2ClN2O5S/c24-16-9-14(10-17(25)21(16)33-13-15-3-1-2-4-18(15)26)11-19-22(30)28(23(31)34-19)12-20(29)27-5-7-32-8-6-27/h1-4,9-11H,5-8,12-13H2/b19-11-. The van der Waals surface area contributed by atoms with Crippen LogP contribution in [0.1, 0.15) is 11.1 Å². The van der Waals surface area contributed by atoms with E-state index in [1.807, 2.05) is 18.2 Å². The van der Waals surface area contributed by atoms with Crippen LogP contribution in [-0.2, 0) is 20.9 Å². The average Bonchev–Trinajstić information content (AvgIpc) is 3.07. The monoisotopic (exact) mass is 628 g/mol. The van der Waals surface area contributed by atoms with Crippen molar-refractivity contribution in [3.8, 4) is 5.75 Å². The van der Waals surface area contributed by atoms with Crippen LogP contribution in [0.2, 0.25) is 5.02 Å². The molecule has 2 aliphatic rings. The van der Waals surface area contributed by atoms with Gasteiger partial charge in [0.1, 0.15) is 18.9 Å². The molecule has 2 aromatic rings. The number of amides is 3. The zero-order chi connectivity index (χ0) is 24.2. The summed E-state index contributed by atoms with van der Waals surface area (Å²) < 4.78 is 12.5. The fourth-order valence-electron chi connectivity index (χ4n) is 3.40. The van der Waals surface area contributed by atoms with Crippen molar-refractivity contribution in [2.75, 3.05) is 32.8 Å². The van der Waals surface area contributed by atoms with Crippen LogP contribution in [-0.4, -0.2) is 59.7 Å². The number of rotatable bonds is 6. The van der Waals surface area contributed by atoms with Gasteiger partial charge in [0.2, 0.25) is 5.91 Å². The van der Waals surface area contributed by atoms with Gasteiger partial charge in [0.05, 0.1) is 27.1 Å². The maximum Gasteiger partial charge on any atom is 0.294 e. The number of hydrogen-bond acceptors (Lipinski definition) is 6. The van der Waals surface area contributed by atoms with Crippen LogP contribution >= 0.6 is 55.2 Å². The van der Waals surface area contributed by atoms with E-state index in [9.17, 15) is 14.4 Å². The molecule has 2 aromatic carbocycles. The molecule has 0 aliphatic carbocycles. The Kier molecular flexibility index (Phi) is 8.36. The predicted molar refractivity (Wildman–Crippen MR) is 138 cm³/mol. The topological polar surface area (TPSA) is 76.2 Å². The minimum Gasteiger partial charge on any atom is -0.486 e. The highest BCUT2D eigenvalue weighted by Gasteiger charge is 2.37. The van der Waals surface area contributed by atoms with E-state index in [2.05, 4.69) is 31.9 Å². The Morgan fingerprint density at radius 2 is 1.82 bits per heavy atom. The molecule has 2 aliphatic heterocycles. The second-order valence-electron chi connectivity index (χ2n) is 7.45. The quantitative estimate of drug-likeness (QED) is 0.402. The number of ether oxygens (including phenoxy) is 2. The van der Waals surface area contributed by atoms with Crippen molar-refractivity contribution in [3.05, 3.63) is 66.4 Å². The Labute approximate surface area is 222 Å². The molecule has 2 saturated heterocycles. The van der Waals surface area contributed by atoms with Crippen LogP contribution in [0.25, 0.3) is 6.08 Å². The molecule has 0 bridgehead atoms. The van der Waals surface area contributed by atoms with Gasteiger partial charge in [0.25, 0.3) is 11.1 Å². The van der Waals surface area contributed by atoms with E-state index in [-0.39, 0.29) is 24.0 Å². The minimum atomic E-state index is -0.483. The summed E-state index contributed by atoms with van der Waals surface area (Å²) in [4.78, 5) is 40.6. The van der Waals surface area contributed by atoms with Crippen LogP contribution < -0.4 is 4.74 Å². The molecule has 4 rings (SSSR count). The zero-order valence-electron chi connectivity index (χ0n) is 17.8. The molecule has 0 aromatic heterocycles. The molecule has 34 heavy (non-hydrogen) atoms. The van der Waals surface area contributed by atoms with Gasteiger partial charge in [-0.2, -0.15) is 0 Å².